The van der Waals surface area contributed by atoms with Crippen LogP contribution in [0, 0.1) is 30.5 Å². The van der Waals surface area contributed by atoms with Crippen LogP contribution in [-0.2, 0) is 28.7 Å². The Morgan fingerprint density at radius 2 is 1.64 bits per heavy atom. The molecule has 0 heterocycles. The second kappa shape index (κ2) is 22.4. The number of carboxylic acid groups (broad SMARTS) is 2. The minimum absolute atomic E-state index is 0.0247. The van der Waals surface area contributed by atoms with E-state index in [9.17, 15) is 18.8 Å². The molecule has 1 atom stereocenters. The zero-order valence-corrected chi connectivity index (χ0v) is 19.8. The molecule has 2 amide bonds. The van der Waals surface area contributed by atoms with Crippen molar-refractivity contribution in [3.05, 3.63) is 30.1 Å². The first-order valence-corrected chi connectivity index (χ1v) is 10.4. The second-order valence-electron chi connectivity index (χ2n) is 6.67. The molecule has 12 heteroatoms. The number of anilines is 1. The van der Waals surface area contributed by atoms with E-state index in [1.165, 1.54) is 25.3 Å². The Morgan fingerprint density at radius 1 is 1.08 bits per heavy atom. The van der Waals surface area contributed by atoms with Crippen molar-refractivity contribution in [3.63, 3.8) is 0 Å². The molecule has 36 heavy (non-hydrogen) atoms. The number of rotatable bonds is 12. The number of esters is 1. The first kappa shape index (κ1) is 33.8. The monoisotopic (exact) mass is 507 g/mol. The molecule has 0 aliphatic carbocycles. The van der Waals surface area contributed by atoms with Crippen molar-refractivity contribution in [2.75, 3.05) is 32.1 Å². The number of halogens is 1. The molecular weight excluding hydrogens is 477 g/mol. The van der Waals surface area contributed by atoms with Gasteiger partial charge in [0.25, 0.3) is 12.9 Å². The topological polar surface area (TPSA) is 162 Å². The summed E-state index contributed by atoms with van der Waals surface area (Å²) < 4.78 is 18.3. The van der Waals surface area contributed by atoms with Crippen LogP contribution >= 0.6 is 0 Å². The zero-order chi connectivity index (χ0) is 27.8. The number of methoxy groups -OCH3 is 1. The minimum atomic E-state index is -0.891. The average Bonchev–Trinajstić information content (AvgIpc) is 2.83. The van der Waals surface area contributed by atoms with Crippen LogP contribution in [0.3, 0.4) is 0 Å². The molecule has 11 nitrogen and oxygen atoms in total. The number of nitrogens with zero attached hydrogens (tertiary/aromatic N) is 1. The summed E-state index contributed by atoms with van der Waals surface area (Å²) in [4.78, 5) is 54.7. The van der Waals surface area contributed by atoms with Gasteiger partial charge in [-0.25, -0.2) is 9.18 Å². The molecule has 0 radical (unpaired) electrons. The molecule has 0 saturated carbocycles. The van der Waals surface area contributed by atoms with Crippen molar-refractivity contribution >= 4 is 36.4 Å². The fraction of sp³-hybridized carbons (Fsp3) is 0.375. The number of terminal acetylenes is 2. The number of carbonyl (C=O) groups is 5. The van der Waals surface area contributed by atoms with E-state index in [4.69, 9.17) is 37.4 Å². The summed E-state index contributed by atoms with van der Waals surface area (Å²) in [5, 5.41) is 18.6. The van der Waals surface area contributed by atoms with E-state index in [1.54, 1.807) is 6.07 Å². The quantitative estimate of drug-likeness (QED) is 0.106. The predicted molar refractivity (Wildman–Crippen MR) is 129 cm³/mol. The summed E-state index contributed by atoms with van der Waals surface area (Å²) in [6.45, 7) is 1.01. The highest BCUT2D eigenvalue weighted by molar-refractivity contribution is 6.04. The first-order valence-electron chi connectivity index (χ1n) is 10.4. The van der Waals surface area contributed by atoms with Crippen molar-refractivity contribution in [3.8, 4) is 24.7 Å². The van der Waals surface area contributed by atoms with Gasteiger partial charge < -0.3 is 25.6 Å². The molecule has 0 aromatic heterocycles. The number of benzene rings is 1. The maximum atomic E-state index is 13.6. The molecule has 196 valence electrons. The molecule has 1 aromatic rings. The molecule has 4 N–H and O–H groups in total. The Kier molecular flexibility index (Phi) is 21.0. The van der Waals surface area contributed by atoms with Crippen LogP contribution in [0.5, 0.6) is 0 Å². The standard InChI is InChI=1S/C22H26FN3O4.2CH2O2/c1-4-13-26(14-5-2)15-9-8-12-19(22(29)30-3)25-21(28)16-20(27)24-18-11-7-6-10-17(18)23;2*2-1-3/h1-2,6-7,10-11,19H,8-9,12-16H2,3H3,(H,24,27)(H,25,28);2*1H,(H,2,3)/t19-;;/m0../s1. The van der Waals surface area contributed by atoms with E-state index in [0.717, 1.165) is 0 Å². The van der Waals surface area contributed by atoms with Crippen LogP contribution in [0.25, 0.3) is 0 Å². The van der Waals surface area contributed by atoms with Crippen LogP contribution in [0.4, 0.5) is 10.1 Å². The van der Waals surface area contributed by atoms with E-state index in [2.05, 4.69) is 22.5 Å². The number of hydrogen-bond acceptors (Lipinski definition) is 7. The number of ether oxygens (including phenoxy) is 1. The molecular formula is C24H30FN3O8. The molecule has 0 aliphatic heterocycles. The molecule has 0 unspecified atom stereocenters. The number of hydrogen-bond donors (Lipinski definition) is 4. The fourth-order valence-electron chi connectivity index (χ4n) is 2.70. The first-order chi connectivity index (χ1) is 17.2. The van der Waals surface area contributed by atoms with Gasteiger partial charge in [0.2, 0.25) is 11.8 Å². The molecule has 0 aliphatic rings. The second-order valence-corrected chi connectivity index (χ2v) is 6.67. The third-order valence-corrected chi connectivity index (χ3v) is 4.14. The SMILES string of the molecule is C#CCN(CC#C)CCCC[C@H](NC(=O)CC(=O)Nc1ccccc1F)C(=O)OC.O=CO.O=CO. The van der Waals surface area contributed by atoms with E-state index in [1.807, 2.05) is 4.90 Å². The Labute approximate surface area is 209 Å². The van der Waals surface area contributed by atoms with E-state index < -0.39 is 36.1 Å². The van der Waals surface area contributed by atoms with E-state index in [-0.39, 0.29) is 18.6 Å². The number of carbonyl (C=O) groups excluding carboxylic acids is 3. The summed E-state index contributed by atoms with van der Waals surface area (Å²) in [5.41, 5.74) is -0.0247. The van der Waals surface area contributed by atoms with Crippen molar-refractivity contribution in [2.45, 2.75) is 31.7 Å². The molecule has 0 saturated heterocycles. The highest BCUT2D eigenvalue weighted by Gasteiger charge is 2.22. The van der Waals surface area contributed by atoms with Crippen molar-refractivity contribution in [1.82, 2.24) is 10.2 Å². The Hall–Kier alpha value is -4.42. The Morgan fingerprint density at radius 3 is 2.14 bits per heavy atom. The maximum Gasteiger partial charge on any atom is 0.328 e. The lowest BCUT2D eigenvalue weighted by atomic mass is 10.1. The maximum absolute atomic E-state index is 13.6. The average molecular weight is 508 g/mol. The number of nitrogens with one attached hydrogen (secondary N) is 2. The summed E-state index contributed by atoms with van der Waals surface area (Å²) in [7, 11) is 1.22. The lowest BCUT2D eigenvalue weighted by Gasteiger charge is -2.19. The lowest BCUT2D eigenvalue weighted by molar-refractivity contribution is -0.145. The number of para-hydroxylation sites is 1. The highest BCUT2D eigenvalue weighted by atomic mass is 19.1. The molecule has 0 spiro atoms. The summed E-state index contributed by atoms with van der Waals surface area (Å²) in [6, 6.07) is 4.72. The molecule has 0 fully saturated rings. The van der Waals surface area contributed by atoms with Crippen LogP contribution in [0.15, 0.2) is 24.3 Å². The fourth-order valence-corrected chi connectivity index (χ4v) is 2.70. The molecule has 0 bridgehead atoms. The van der Waals surface area contributed by atoms with E-state index >= 15 is 0 Å². The summed E-state index contributed by atoms with van der Waals surface area (Å²) in [6.07, 6.45) is 11.7. The van der Waals surface area contributed by atoms with Gasteiger partial charge in [-0.15, -0.1) is 12.8 Å². The molecule has 1 rings (SSSR count). The van der Waals surface area contributed by atoms with Gasteiger partial charge in [0.05, 0.1) is 25.9 Å². The van der Waals surface area contributed by atoms with Crippen LogP contribution in [-0.4, -0.2) is 78.6 Å². The third kappa shape index (κ3) is 17.1. The Bertz CT molecular complexity index is 889. The van der Waals surface area contributed by atoms with Gasteiger partial charge in [-0.3, -0.25) is 24.1 Å². The predicted octanol–water partition coefficient (Wildman–Crippen LogP) is 0.952. The lowest BCUT2D eigenvalue weighted by Crippen LogP contribution is -2.42. The Balaban J connectivity index is 0. The van der Waals surface area contributed by atoms with Gasteiger partial charge in [0.1, 0.15) is 18.3 Å². The summed E-state index contributed by atoms with van der Waals surface area (Å²) >= 11 is 0. The largest absolute Gasteiger partial charge is 0.483 e. The van der Waals surface area contributed by atoms with Gasteiger partial charge in [0.15, 0.2) is 0 Å². The van der Waals surface area contributed by atoms with Crippen molar-refractivity contribution in [2.24, 2.45) is 0 Å². The third-order valence-electron chi connectivity index (χ3n) is 4.14. The summed E-state index contributed by atoms with van der Waals surface area (Å²) in [5.74, 6) is 2.49. The van der Waals surface area contributed by atoms with Gasteiger partial charge in [0, 0.05) is 6.54 Å². The van der Waals surface area contributed by atoms with Gasteiger partial charge >= 0.3 is 5.97 Å². The highest BCUT2D eigenvalue weighted by Crippen LogP contribution is 2.12. The van der Waals surface area contributed by atoms with Crippen LogP contribution in [0.1, 0.15) is 25.7 Å². The van der Waals surface area contributed by atoms with Crippen LogP contribution in [0.2, 0.25) is 0 Å². The minimum Gasteiger partial charge on any atom is -0.483 e. The van der Waals surface area contributed by atoms with Crippen molar-refractivity contribution in [1.29, 1.82) is 0 Å². The van der Waals surface area contributed by atoms with Crippen molar-refractivity contribution < 1.29 is 43.3 Å². The van der Waals surface area contributed by atoms with Gasteiger partial charge in [-0.2, -0.15) is 0 Å². The number of amides is 2. The van der Waals surface area contributed by atoms with Gasteiger partial charge in [-0.05, 0) is 31.4 Å². The normalized spacial score (nSPS) is 9.92. The number of unbranched alkanes of at least 4 members (excludes halogenated alkanes) is 1. The van der Waals surface area contributed by atoms with E-state index in [0.29, 0.717) is 38.9 Å². The smallest absolute Gasteiger partial charge is 0.328 e. The van der Waals surface area contributed by atoms with Crippen LogP contribution < -0.4 is 10.6 Å². The molecule has 1 aromatic carbocycles. The van der Waals surface area contributed by atoms with Gasteiger partial charge in [-0.1, -0.05) is 24.0 Å². The zero-order valence-electron chi connectivity index (χ0n) is 19.8.